The second-order valence-corrected chi connectivity index (χ2v) is 6.49. The first-order chi connectivity index (χ1) is 13.8. The van der Waals surface area contributed by atoms with Crippen LogP contribution in [0.3, 0.4) is 0 Å². The Morgan fingerprint density at radius 2 is 1.48 bits per heavy atom. The molecule has 2 unspecified atom stereocenters. The van der Waals surface area contributed by atoms with Gasteiger partial charge in [-0.1, -0.05) is 0 Å². The van der Waals surface area contributed by atoms with Crippen LogP contribution in [0.4, 0.5) is 0 Å². The molecule has 9 nitrogen and oxygen atoms in total. The molecule has 1 aliphatic rings. The Balaban J connectivity index is 0.000000612. The fraction of sp³-hybridized carbons (Fsp3) is 0.600. The minimum absolute atomic E-state index is 0.307. The van der Waals surface area contributed by atoms with Gasteiger partial charge < -0.3 is 29.2 Å². The van der Waals surface area contributed by atoms with Crippen LogP contribution in [0.15, 0.2) is 24.3 Å². The van der Waals surface area contributed by atoms with E-state index in [9.17, 15) is 0 Å². The maximum Gasteiger partial charge on any atom is 0.414 e. The summed E-state index contributed by atoms with van der Waals surface area (Å²) in [6.07, 6.45) is 0.614. The lowest BCUT2D eigenvalue weighted by atomic mass is 10.2. The molecule has 2 atom stereocenters. The zero-order chi connectivity index (χ0) is 21.6. The highest BCUT2D eigenvalue weighted by molar-refractivity contribution is 6.27. The van der Waals surface area contributed by atoms with Gasteiger partial charge in [-0.3, -0.25) is 4.90 Å². The normalized spacial score (nSPS) is 19.0. The van der Waals surface area contributed by atoms with Crippen molar-refractivity contribution in [1.29, 1.82) is 0 Å². The van der Waals surface area contributed by atoms with Gasteiger partial charge in [0.05, 0.1) is 32.0 Å². The van der Waals surface area contributed by atoms with E-state index in [0.717, 1.165) is 37.7 Å². The van der Waals surface area contributed by atoms with E-state index in [0.29, 0.717) is 32.0 Å². The predicted octanol–water partition coefficient (Wildman–Crippen LogP) is 1.75. The van der Waals surface area contributed by atoms with Crippen LogP contribution in [0.2, 0.25) is 0 Å². The number of hydrogen-bond donors (Lipinski definition) is 2. The minimum Gasteiger partial charge on any atom is -0.494 e. The van der Waals surface area contributed by atoms with Gasteiger partial charge in [-0.25, -0.2) is 9.59 Å². The van der Waals surface area contributed by atoms with Crippen LogP contribution in [0, 0.1) is 0 Å². The van der Waals surface area contributed by atoms with Crippen LogP contribution < -0.4 is 9.47 Å². The molecule has 0 aliphatic carbocycles. The number of ether oxygens (including phenoxy) is 4. The Kier molecular flexibility index (Phi) is 11.7. The lowest BCUT2D eigenvalue weighted by molar-refractivity contribution is -0.159. The Labute approximate surface area is 171 Å². The van der Waals surface area contributed by atoms with E-state index in [2.05, 4.69) is 18.7 Å². The second kappa shape index (κ2) is 13.8. The van der Waals surface area contributed by atoms with Crippen molar-refractivity contribution in [3.63, 3.8) is 0 Å². The first-order valence-electron chi connectivity index (χ1n) is 9.59. The monoisotopic (exact) mass is 413 g/mol. The van der Waals surface area contributed by atoms with E-state index in [1.54, 1.807) is 0 Å². The molecule has 2 N–H and O–H groups in total. The van der Waals surface area contributed by atoms with Gasteiger partial charge in [0, 0.05) is 19.6 Å². The first kappa shape index (κ1) is 24.7. The number of carbonyl (C=O) groups is 2. The molecule has 29 heavy (non-hydrogen) atoms. The SMILES string of the molecule is CCOc1ccc(OCCOCCN2CC(C)OC(C)C2)cc1.O=C(O)C(=O)O. The maximum absolute atomic E-state index is 9.10. The van der Waals surface area contributed by atoms with Crippen LogP contribution in [0.1, 0.15) is 20.8 Å². The summed E-state index contributed by atoms with van der Waals surface area (Å²) >= 11 is 0. The molecule has 1 fully saturated rings. The van der Waals surface area contributed by atoms with Crippen molar-refractivity contribution >= 4 is 11.9 Å². The molecule has 1 aromatic rings. The summed E-state index contributed by atoms with van der Waals surface area (Å²) in [5.41, 5.74) is 0. The van der Waals surface area contributed by atoms with Crippen molar-refractivity contribution in [2.45, 2.75) is 33.0 Å². The molecule has 1 aliphatic heterocycles. The summed E-state index contributed by atoms with van der Waals surface area (Å²) in [6.45, 7) is 11.7. The van der Waals surface area contributed by atoms with Crippen molar-refractivity contribution in [3.8, 4) is 11.5 Å². The molecule has 1 aromatic carbocycles. The fourth-order valence-corrected chi connectivity index (χ4v) is 2.78. The zero-order valence-electron chi connectivity index (χ0n) is 17.2. The van der Waals surface area contributed by atoms with Crippen molar-refractivity contribution in [2.24, 2.45) is 0 Å². The molecule has 0 saturated carbocycles. The molecule has 164 valence electrons. The van der Waals surface area contributed by atoms with Gasteiger partial charge in [0.2, 0.25) is 0 Å². The third-order valence-corrected chi connectivity index (χ3v) is 3.86. The lowest BCUT2D eigenvalue weighted by Gasteiger charge is -2.35. The van der Waals surface area contributed by atoms with Gasteiger partial charge in [0.25, 0.3) is 0 Å². The molecule has 2 rings (SSSR count). The average molecular weight is 413 g/mol. The standard InChI is InChI=1S/C18H29NO4.C2H2O4/c1-4-21-17-5-7-18(8-6-17)22-12-11-20-10-9-19-13-15(2)23-16(3)14-19;3-1(4)2(5)6/h5-8,15-16H,4,9-14H2,1-3H3;(H,3,4)(H,5,6). The quantitative estimate of drug-likeness (QED) is 0.461. The molecule has 1 saturated heterocycles. The van der Waals surface area contributed by atoms with Crippen LogP contribution in [0.5, 0.6) is 11.5 Å². The van der Waals surface area contributed by atoms with Crippen LogP contribution in [0.25, 0.3) is 0 Å². The van der Waals surface area contributed by atoms with Gasteiger partial charge in [-0.2, -0.15) is 0 Å². The number of aliphatic carboxylic acids is 2. The van der Waals surface area contributed by atoms with Crippen molar-refractivity contribution < 1.29 is 38.7 Å². The predicted molar refractivity (Wildman–Crippen MR) is 106 cm³/mol. The van der Waals surface area contributed by atoms with E-state index < -0.39 is 11.9 Å². The Bertz CT molecular complexity index is 585. The number of carboxylic acid groups (broad SMARTS) is 2. The number of morpholine rings is 1. The maximum atomic E-state index is 9.10. The first-order valence-corrected chi connectivity index (χ1v) is 9.59. The summed E-state index contributed by atoms with van der Waals surface area (Å²) in [6, 6.07) is 7.67. The molecule has 0 spiro atoms. The highest BCUT2D eigenvalue weighted by Crippen LogP contribution is 2.17. The minimum atomic E-state index is -1.82. The lowest BCUT2D eigenvalue weighted by Crippen LogP contribution is -2.46. The number of hydrogen-bond acceptors (Lipinski definition) is 7. The highest BCUT2D eigenvalue weighted by Gasteiger charge is 2.21. The Morgan fingerprint density at radius 3 is 1.97 bits per heavy atom. The number of benzene rings is 1. The fourth-order valence-electron chi connectivity index (χ4n) is 2.78. The van der Waals surface area contributed by atoms with Crippen molar-refractivity contribution in [3.05, 3.63) is 24.3 Å². The van der Waals surface area contributed by atoms with Gasteiger partial charge in [0.1, 0.15) is 18.1 Å². The number of nitrogens with zero attached hydrogens (tertiary/aromatic N) is 1. The zero-order valence-corrected chi connectivity index (χ0v) is 17.2. The largest absolute Gasteiger partial charge is 0.494 e. The third-order valence-electron chi connectivity index (χ3n) is 3.86. The molecular weight excluding hydrogens is 382 g/mol. The molecule has 0 radical (unpaired) electrons. The summed E-state index contributed by atoms with van der Waals surface area (Å²) in [4.78, 5) is 20.6. The van der Waals surface area contributed by atoms with Crippen LogP contribution in [-0.2, 0) is 19.1 Å². The molecule has 1 heterocycles. The summed E-state index contributed by atoms with van der Waals surface area (Å²) in [5, 5.41) is 14.8. The average Bonchev–Trinajstić information content (AvgIpc) is 2.66. The van der Waals surface area contributed by atoms with Gasteiger partial charge in [0.15, 0.2) is 0 Å². The topological polar surface area (TPSA) is 115 Å². The van der Waals surface area contributed by atoms with Gasteiger partial charge in [-0.05, 0) is 45.0 Å². The van der Waals surface area contributed by atoms with Crippen LogP contribution in [-0.4, -0.2) is 85.3 Å². The second-order valence-electron chi connectivity index (χ2n) is 6.49. The molecule has 0 bridgehead atoms. The van der Waals surface area contributed by atoms with E-state index in [4.69, 9.17) is 38.7 Å². The molecule has 0 amide bonds. The smallest absolute Gasteiger partial charge is 0.414 e. The third kappa shape index (κ3) is 11.3. The molecule has 0 aromatic heterocycles. The number of rotatable bonds is 9. The van der Waals surface area contributed by atoms with Gasteiger partial charge >= 0.3 is 11.9 Å². The van der Waals surface area contributed by atoms with E-state index >= 15 is 0 Å². The Morgan fingerprint density at radius 1 is 0.966 bits per heavy atom. The van der Waals surface area contributed by atoms with Crippen molar-refractivity contribution in [2.75, 3.05) is 46.1 Å². The van der Waals surface area contributed by atoms with E-state index in [-0.39, 0.29) is 0 Å². The molecule has 9 heteroatoms. The number of carboxylic acids is 2. The summed E-state index contributed by atoms with van der Waals surface area (Å²) < 4.78 is 22.4. The van der Waals surface area contributed by atoms with Crippen LogP contribution >= 0.6 is 0 Å². The van der Waals surface area contributed by atoms with Gasteiger partial charge in [-0.15, -0.1) is 0 Å². The molecular formula is C20H31NO8. The summed E-state index contributed by atoms with van der Waals surface area (Å²) in [7, 11) is 0. The van der Waals surface area contributed by atoms with E-state index in [1.807, 2.05) is 31.2 Å². The highest BCUT2D eigenvalue weighted by atomic mass is 16.5. The van der Waals surface area contributed by atoms with Crippen molar-refractivity contribution in [1.82, 2.24) is 4.90 Å². The Hall–Kier alpha value is -2.36. The summed E-state index contributed by atoms with van der Waals surface area (Å²) in [5.74, 6) is -1.94. The van der Waals surface area contributed by atoms with E-state index in [1.165, 1.54) is 0 Å².